The second-order valence-corrected chi connectivity index (χ2v) is 4.87. The van der Waals surface area contributed by atoms with Gasteiger partial charge in [0.25, 0.3) is 0 Å². The van der Waals surface area contributed by atoms with Gasteiger partial charge in [-0.2, -0.15) is 0 Å². The summed E-state index contributed by atoms with van der Waals surface area (Å²) in [5.41, 5.74) is 0.422. The first-order valence-corrected chi connectivity index (χ1v) is 6.65. The van der Waals surface area contributed by atoms with E-state index in [4.69, 9.17) is 16.3 Å². The summed E-state index contributed by atoms with van der Waals surface area (Å²) < 4.78 is 5.08. The maximum atomic E-state index is 12.1. The van der Waals surface area contributed by atoms with E-state index in [1.54, 1.807) is 36.4 Å². The van der Waals surface area contributed by atoms with Crippen LogP contribution in [0, 0.1) is 0 Å². The lowest BCUT2D eigenvalue weighted by Crippen LogP contribution is -2.24. The first kappa shape index (κ1) is 15.1. The minimum absolute atomic E-state index is 0.0215. The zero-order chi connectivity index (χ0) is 15.4. The largest absolute Gasteiger partial charge is 0.507 e. The monoisotopic (exact) mass is 304 g/mol. The summed E-state index contributed by atoms with van der Waals surface area (Å²) in [7, 11) is 0. The number of phenolic OH excluding ortho intramolecular Hbond substituents is 1. The van der Waals surface area contributed by atoms with Crippen LogP contribution in [-0.2, 0) is 4.74 Å². The number of hydrogen-bond acceptors (Lipinski definition) is 4. The molecular formula is C16H13ClO4. The van der Waals surface area contributed by atoms with E-state index < -0.39 is 12.1 Å². The third-order valence-corrected chi connectivity index (χ3v) is 3.16. The van der Waals surface area contributed by atoms with Crippen molar-refractivity contribution in [2.45, 2.75) is 13.0 Å². The molecule has 0 fully saturated rings. The van der Waals surface area contributed by atoms with E-state index in [1.807, 2.05) is 0 Å². The number of hydrogen-bond donors (Lipinski definition) is 1. The smallest absolute Gasteiger partial charge is 0.342 e. The van der Waals surface area contributed by atoms with Gasteiger partial charge >= 0.3 is 5.97 Å². The van der Waals surface area contributed by atoms with Crippen molar-refractivity contribution < 1.29 is 19.4 Å². The Morgan fingerprint density at radius 1 is 1.10 bits per heavy atom. The minimum Gasteiger partial charge on any atom is -0.507 e. The van der Waals surface area contributed by atoms with E-state index in [1.165, 1.54) is 19.1 Å². The highest BCUT2D eigenvalue weighted by Crippen LogP contribution is 2.18. The van der Waals surface area contributed by atoms with Crippen molar-refractivity contribution in [2.24, 2.45) is 0 Å². The van der Waals surface area contributed by atoms with Crippen LogP contribution in [0.5, 0.6) is 5.75 Å². The zero-order valence-corrected chi connectivity index (χ0v) is 12.0. The van der Waals surface area contributed by atoms with E-state index in [2.05, 4.69) is 0 Å². The molecule has 0 radical (unpaired) electrons. The Balaban J connectivity index is 2.09. The van der Waals surface area contributed by atoms with Gasteiger partial charge in [-0.1, -0.05) is 23.7 Å². The molecule has 0 bridgehead atoms. The third kappa shape index (κ3) is 3.61. The zero-order valence-electron chi connectivity index (χ0n) is 11.2. The predicted molar refractivity (Wildman–Crippen MR) is 78.8 cm³/mol. The van der Waals surface area contributed by atoms with Crippen LogP contribution in [0.1, 0.15) is 27.6 Å². The average Bonchev–Trinajstić information content (AvgIpc) is 2.47. The highest BCUT2D eigenvalue weighted by atomic mass is 35.5. The normalized spacial score (nSPS) is 11.7. The Bertz CT molecular complexity index is 664. The van der Waals surface area contributed by atoms with E-state index in [0.717, 1.165) is 0 Å². The topological polar surface area (TPSA) is 63.6 Å². The molecule has 2 rings (SSSR count). The van der Waals surface area contributed by atoms with Gasteiger partial charge in [0.05, 0.1) is 0 Å². The Morgan fingerprint density at radius 3 is 2.33 bits per heavy atom. The molecule has 0 aliphatic carbocycles. The van der Waals surface area contributed by atoms with E-state index in [9.17, 15) is 14.7 Å². The minimum atomic E-state index is -0.960. The third-order valence-electron chi connectivity index (χ3n) is 2.91. The van der Waals surface area contributed by atoms with Crippen molar-refractivity contribution in [1.29, 1.82) is 0 Å². The number of rotatable bonds is 4. The van der Waals surface area contributed by atoms with Crippen molar-refractivity contribution in [3.63, 3.8) is 0 Å². The van der Waals surface area contributed by atoms with Crippen LogP contribution in [0.2, 0.25) is 5.02 Å². The van der Waals surface area contributed by atoms with Crippen LogP contribution in [0.3, 0.4) is 0 Å². The average molecular weight is 305 g/mol. The molecule has 0 saturated heterocycles. The van der Waals surface area contributed by atoms with Crippen LogP contribution in [0.15, 0.2) is 48.5 Å². The van der Waals surface area contributed by atoms with Crippen LogP contribution < -0.4 is 0 Å². The molecule has 5 heteroatoms. The fourth-order valence-electron chi connectivity index (χ4n) is 1.77. The first-order valence-electron chi connectivity index (χ1n) is 6.28. The molecular weight excluding hydrogens is 292 g/mol. The molecule has 1 atom stereocenters. The molecule has 0 spiro atoms. The fourth-order valence-corrected chi connectivity index (χ4v) is 1.90. The van der Waals surface area contributed by atoms with E-state index in [0.29, 0.717) is 10.6 Å². The highest BCUT2D eigenvalue weighted by molar-refractivity contribution is 6.30. The molecule has 0 amide bonds. The Labute approximate surface area is 126 Å². The predicted octanol–water partition coefficient (Wildman–Crippen LogP) is 3.47. The number of halogens is 1. The van der Waals surface area contributed by atoms with Gasteiger partial charge in [0.2, 0.25) is 5.78 Å². The molecule has 0 unspecified atom stereocenters. The number of carbonyl (C=O) groups excluding carboxylic acids is 2. The number of phenols is 1. The maximum Gasteiger partial charge on any atom is 0.342 e. The van der Waals surface area contributed by atoms with Gasteiger partial charge < -0.3 is 9.84 Å². The van der Waals surface area contributed by atoms with Gasteiger partial charge in [0, 0.05) is 10.6 Å². The van der Waals surface area contributed by atoms with Gasteiger partial charge in [0.15, 0.2) is 6.10 Å². The number of carbonyl (C=O) groups is 2. The number of para-hydroxylation sites is 1. The lowest BCUT2D eigenvalue weighted by Gasteiger charge is -2.13. The molecule has 21 heavy (non-hydrogen) atoms. The van der Waals surface area contributed by atoms with Gasteiger partial charge in [0.1, 0.15) is 11.3 Å². The van der Waals surface area contributed by atoms with Crippen molar-refractivity contribution in [1.82, 2.24) is 0 Å². The summed E-state index contributed by atoms with van der Waals surface area (Å²) in [6.07, 6.45) is -0.960. The van der Waals surface area contributed by atoms with E-state index >= 15 is 0 Å². The number of ether oxygens (including phenoxy) is 1. The quantitative estimate of drug-likeness (QED) is 0.694. The lowest BCUT2D eigenvalue weighted by atomic mass is 10.1. The van der Waals surface area contributed by atoms with Crippen molar-refractivity contribution in [2.75, 3.05) is 0 Å². The lowest BCUT2D eigenvalue weighted by molar-refractivity contribution is 0.0316. The summed E-state index contributed by atoms with van der Waals surface area (Å²) in [4.78, 5) is 24.0. The molecule has 108 valence electrons. The summed E-state index contributed by atoms with van der Waals surface area (Å²) in [6, 6.07) is 12.3. The molecule has 4 nitrogen and oxygen atoms in total. The Kier molecular flexibility index (Phi) is 4.60. The summed E-state index contributed by atoms with van der Waals surface area (Å²) in [5, 5.41) is 10.1. The second-order valence-electron chi connectivity index (χ2n) is 4.44. The number of aromatic hydroxyl groups is 1. The first-order chi connectivity index (χ1) is 9.99. The summed E-state index contributed by atoms with van der Waals surface area (Å²) >= 11 is 5.75. The Morgan fingerprint density at radius 2 is 1.71 bits per heavy atom. The standard InChI is InChI=1S/C16H13ClO4/c1-10(15(19)11-6-8-12(17)9-7-11)21-16(20)13-4-2-3-5-14(13)18/h2-10,18H,1H3/t10-/m1/s1. The van der Waals surface area contributed by atoms with Crippen LogP contribution >= 0.6 is 11.6 Å². The number of ketones is 1. The van der Waals surface area contributed by atoms with Crippen molar-refractivity contribution in [3.8, 4) is 5.75 Å². The molecule has 1 N–H and O–H groups in total. The molecule has 0 aliphatic rings. The fraction of sp³-hybridized carbons (Fsp3) is 0.125. The van der Waals surface area contributed by atoms with Crippen LogP contribution in [-0.4, -0.2) is 23.0 Å². The van der Waals surface area contributed by atoms with Gasteiger partial charge in [-0.3, -0.25) is 4.79 Å². The second kappa shape index (κ2) is 6.41. The van der Waals surface area contributed by atoms with Crippen molar-refractivity contribution >= 4 is 23.4 Å². The summed E-state index contributed by atoms with van der Waals surface area (Å²) in [6.45, 7) is 1.48. The molecule has 0 aromatic heterocycles. The number of Topliss-reactive ketones (excluding diaryl/α,β-unsaturated/α-hetero) is 1. The molecule has 0 saturated carbocycles. The van der Waals surface area contributed by atoms with E-state index in [-0.39, 0.29) is 17.1 Å². The Hall–Kier alpha value is -2.33. The molecule has 0 heterocycles. The SMILES string of the molecule is C[C@@H](OC(=O)c1ccccc1O)C(=O)c1ccc(Cl)cc1. The maximum absolute atomic E-state index is 12.1. The number of benzene rings is 2. The van der Waals surface area contributed by atoms with Gasteiger partial charge in [-0.25, -0.2) is 4.79 Å². The summed E-state index contributed by atoms with van der Waals surface area (Å²) in [5.74, 6) is -1.27. The molecule has 2 aromatic carbocycles. The van der Waals surface area contributed by atoms with Gasteiger partial charge in [-0.15, -0.1) is 0 Å². The van der Waals surface area contributed by atoms with Gasteiger partial charge in [-0.05, 0) is 43.3 Å². The van der Waals surface area contributed by atoms with Crippen LogP contribution in [0.25, 0.3) is 0 Å². The molecule has 2 aromatic rings. The van der Waals surface area contributed by atoms with Crippen molar-refractivity contribution in [3.05, 3.63) is 64.7 Å². The molecule has 0 aliphatic heterocycles. The number of esters is 1. The highest BCUT2D eigenvalue weighted by Gasteiger charge is 2.21. The van der Waals surface area contributed by atoms with Crippen LogP contribution in [0.4, 0.5) is 0 Å².